The Kier molecular flexibility index (Phi) is 8.69. The largest absolute Gasteiger partial charge is 0.465 e. The number of rotatable bonds is 6. The van der Waals surface area contributed by atoms with Crippen molar-refractivity contribution in [3.05, 3.63) is 42.7 Å². The molecule has 0 aromatic heterocycles. The second kappa shape index (κ2) is 10.5. The molecule has 29 heavy (non-hydrogen) atoms. The van der Waals surface area contributed by atoms with Crippen LogP contribution < -0.4 is 4.74 Å². The maximum Gasteiger partial charge on any atom is 0.420 e. The van der Waals surface area contributed by atoms with Crippen molar-refractivity contribution in [1.82, 2.24) is 4.90 Å². The van der Waals surface area contributed by atoms with Crippen LogP contribution in [0.15, 0.2) is 42.7 Å². The van der Waals surface area contributed by atoms with Gasteiger partial charge in [-0.05, 0) is 59.8 Å². The van der Waals surface area contributed by atoms with E-state index in [1.807, 2.05) is 18.2 Å². The number of carbonyl (C=O) groups is 3. The van der Waals surface area contributed by atoms with Gasteiger partial charge >= 0.3 is 18.2 Å². The first-order chi connectivity index (χ1) is 13.4. The molecule has 0 aliphatic rings. The van der Waals surface area contributed by atoms with E-state index in [0.29, 0.717) is 10.6 Å². The van der Waals surface area contributed by atoms with Crippen molar-refractivity contribution in [2.45, 2.75) is 52.7 Å². The van der Waals surface area contributed by atoms with Crippen LogP contribution in [0.5, 0.6) is 5.75 Å². The second-order valence-electron chi connectivity index (χ2n) is 8.03. The van der Waals surface area contributed by atoms with Crippen LogP contribution in [0.1, 0.15) is 41.5 Å². The van der Waals surface area contributed by atoms with Gasteiger partial charge in [-0.2, -0.15) is 0 Å². The van der Waals surface area contributed by atoms with Crippen LogP contribution >= 0.6 is 0 Å². The van der Waals surface area contributed by atoms with Gasteiger partial charge < -0.3 is 18.9 Å². The molecule has 0 saturated heterocycles. The number of esters is 1. The molecule has 0 fully saturated rings. The zero-order valence-electron chi connectivity index (χ0n) is 17.8. The fourth-order valence-electron chi connectivity index (χ4n) is 1.82. The van der Waals surface area contributed by atoms with Crippen molar-refractivity contribution in [3.8, 4) is 5.75 Å². The lowest BCUT2D eigenvalue weighted by Gasteiger charge is -2.28. The molecule has 1 aromatic rings. The highest BCUT2D eigenvalue weighted by Crippen LogP contribution is 2.14. The van der Waals surface area contributed by atoms with Gasteiger partial charge in [-0.15, -0.1) is 0 Å². The number of carbonyl (C=O) groups excluding carboxylic acids is 3. The summed E-state index contributed by atoms with van der Waals surface area (Å²) in [5.41, 5.74) is -1.70. The molecule has 0 aliphatic heterocycles. The average molecular weight is 407 g/mol. The third-order valence-corrected chi connectivity index (χ3v) is 2.90. The molecule has 0 atom stereocenters. The van der Waals surface area contributed by atoms with Crippen LogP contribution in [-0.4, -0.2) is 47.4 Å². The molecular weight excluding hydrogens is 378 g/mol. The predicted octanol–water partition coefficient (Wildman–Crippen LogP) is 4.29. The first kappa shape index (κ1) is 24.0. The van der Waals surface area contributed by atoms with Gasteiger partial charge in [0.05, 0.1) is 6.26 Å². The predicted molar refractivity (Wildman–Crippen MR) is 106 cm³/mol. The minimum absolute atomic E-state index is 0.0951. The molecule has 0 unspecified atom stereocenters. The molecule has 160 valence electrons. The Morgan fingerprint density at radius 1 is 0.897 bits per heavy atom. The molecule has 8 heteroatoms. The highest BCUT2D eigenvalue weighted by Gasteiger charge is 2.33. The molecule has 8 nitrogen and oxygen atoms in total. The Balaban J connectivity index is 2.63. The SMILES string of the molecule is CC(C)(C)OC(=O)N(CC(=O)OC/C=C/Oc1ccccc1)C(=O)OC(C)(C)C. The van der Waals surface area contributed by atoms with E-state index in [4.69, 9.17) is 18.9 Å². The first-order valence-corrected chi connectivity index (χ1v) is 9.13. The molecule has 0 radical (unpaired) electrons. The van der Waals surface area contributed by atoms with E-state index in [9.17, 15) is 14.4 Å². The zero-order valence-corrected chi connectivity index (χ0v) is 17.8. The van der Waals surface area contributed by atoms with Gasteiger partial charge in [0.25, 0.3) is 0 Å². The van der Waals surface area contributed by atoms with E-state index >= 15 is 0 Å². The van der Waals surface area contributed by atoms with Crippen LogP contribution in [0.4, 0.5) is 9.59 Å². The Morgan fingerprint density at radius 3 is 1.90 bits per heavy atom. The minimum atomic E-state index is -0.994. The summed E-state index contributed by atoms with van der Waals surface area (Å²) < 4.78 is 20.7. The van der Waals surface area contributed by atoms with Gasteiger partial charge in [0.15, 0.2) is 0 Å². The van der Waals surface area contributed by atoms with E-state index in [-0.39, 0.29) is 6.61 Å². The van der Waals surface area contributed by atoms with E-state index in [0.717, 1.165) is 0 Å². The first-order valence-electron chi connectivity index (χ1n) is 9.13. The molecule has 1 rings (SSSR count). The third kappa shape index (κ3) is 10.8. The minimum Gasteiger partial charge on any atom is -0.465 e. The van der Waals surface area contributed by atoms with Crippen LogP contribution in [0.2, 0.25) is 0 Å². The lowest BCUT2D eigenvalue weighted by Crippen LogP contribution is -2.46. The van der Waals surface area contributed by atoms with Crippen LogP contribution in [-0.2, 0) is 19.0 Å². The topological polar surface area (TPSA) is 91.4 Å². The molecule has 0 saturated carbocycles. The van der Waals surface area contributed by atoms with Gasteiger partial charge in [-0.1, -0.05) is 18.2 Å². The number of imide groups is 1. The van der Waals surface area contributed by atoms with Gasteiger partial charge in [-0.25, -0.2) is 14.5 Å². The summed E-state index contributed by atoms with van der Waals surface area (Å²) in [4.78, 5) is 37.3. The number of hydrogen-bond acceptors (Lipinski definition) is 7. The van der Waals surface area contributed by atoms with Crippen molar-refractivity contribution in [3.63, 3.8) is 0 Å². The summed E-state index contributed by atoms with van der Waals surface area (Å²) in [5.74, 6) is -0.165. The van der Waals surface area contributed by atoms with Crippen molar-refractivity contribution in [2.24, 2.45) is 0 Å². The maximum absolute atomic E-state index is 12.3. The second-order valence-corrected chi connectivity index (χ2v) is 8.03. The van der Waals surface area contributed by atoms with Crippen LogP contribution in [0.3, 0.4) is 0 Å². The Bertz CT molecular complexity index is 687. The van der Waals surface area contributed by atoms with Crippen molar-refractivity contribution in [2.75, 3.05) is 13.2 Å². The summed E-state index contributed by atoms with van der Waals surface area (Å²) >= 11 is 0. The summed E-state index contributed by atoms with van der Waals surface area (Å²) in [6, 6.07) is 9.06. The summed E-state index contributed by atoms with van der Waals surface area (Å²) in [7, 11) is 0. The highest BCUT2D eigenvalue weighted by atomic mass is 16.6. The molecule has 2 amide bonds. The summed E-state index contributed by atoms with van der Waals surface area (Å²) in [6.07, 6.45) is 0.872. The smallest absolute Gasteiger partial charge is 0.420 e. The summed E-state index contributed by atoms with van der Waals surface area (Å²) in [6.45, 7) is 9.14. The summed E-state index contributed by atoms with van der Waals surface area (Å²) in [5, 5.41) is 0. The number of benzene rings is 1. The van der Waals surface area contributed by atoms with Crippen molar-refractivity contribution < 1.29 is 33.3 Å². The van der Waals surface area contributed by atoms with Gasteiger partial charge in [0, 0.05) is 0 Å². The van der Waals surface area contributed by atoms with E-state index in [2.05, 4.69) is 0 Å². The lowest BCUT2D eigenvalue weighted by molar-refractivity contribution is -0.143. The number of nitrogens with zero attached hydrogens (tertiary/aromatic N) is 1. The Labute approximate surface area is 171 Å². The number of para-hydroxylation sites is 1. The molecule has 0 spiro atoms. The molecule has 0 N–H and O–H groups in total. The monoisotopic (exact) mass is 407 g/mol. The molecule has 0 aliphatic carbocycles. The Morgan fingerprint density at radius 2 is 1.41 bits per heavy atom. The molecule has 0 heterocycles. The maximum atomic E-state index is 12.3. The fourth-order valence-corrected chi connectivity index (χ4v) is 1.82. The fraction of sp³-hybridized carbons (Fsp3) is 0.476. The zero-order chi connectivity index (χ0) is 22.1. The number of ether oxygens (including phenoxy) is 4. The van der Waals surface area contributed by atoms with E-state index < -0.39 is 35.9 Å². The molecule has 0 bridgehead atoms. The number of amides is 2. The van der Waals surface area contributed by atoms with E-state index in [1.165, 1.54) is 12.3 Å². The van der Waals surface area contributed by atoms with Crippen molar-refractivity contribution >= 4 is 18.2 Å². The quantitative estimate of drug-likeness (QED) is 0.394. The highest BCUT2D eigenvalue weighted by molar-refractivity contribution is 5.92. The molecular formula is C21H29NO7. The normalized spacial score (nSPS) is 11.7. The van der Waals surface area contributed by atoms with Crippen LogP contribution in [0, 0.1) is 0 Å². The number of hydrogen-bond donors (Lipinski definition) is 0. The average Bonchev–Trinajstić information content (AvgIpc) is 2.57. The van der Waals surface area contributed by atoms with E-state index in [1.54, 1.807) is 53.7 Å². The van der Waals surface area contributed by atoms with Crippen LogP contribution in [0.25, 0.3) is 0 Å². The molecule has 1 aromatic carbocycles. The van der Waals surface area contributed by atoms with Crippen molar-refractivity contribution in [1.29, 1.82) is 0 Å². The Hall–Kier alpha value is -3.03. The van der Waals surface area contributed by atoms with Gasteiger partial charge in [0.1, 0.15) is 30.1 Å². The standard InChI is InChI=1S/C21H29NO7/c1-20(2,3)28-18(24)22(19(25)29-21(4,5)6)15-17(23)27-14-10-13-26-16-11-8-7-9-12-16/h7-13H,14-15H2,1-6H3/b13-10+. The lowest BCUT2D eigenvalue weighted by atomic mass is 10.2. The van der Waals surface area contributed by atoms with Gasteiger partial charge in [0.2, 0.25) is 0 Å². The van der Waals surface area contributed by atoms with Gasteiger partial charge in [-0.3, -0.25) is 4.79 Å². The third-order valence-electron chi connectivity index (χ3n) is 2.90.